The monoisotopic (exact) mass is 287 g/mol. The van der Waals surface area contributed by atoms with Gasteiger partial charge < -0.3 is 9.84 Å². The summed E-state index contributed by atoms with van der Waals surface area (Å²) < 4.78 is 19.4. The third-order valence-corrected chi connectivity index (χ3v) is 3.29. The number of ether oxygens (including phenoxy) is 1. The lowest BCUT2D eigenvalue weighted by molar-refractivity contribution is 0.121. The molecule has 1 aromatic rings. The van der Waals surface area contributed by atoms with Gasteiger partial charge in [0.25, 0.3) is 0 Å². The highest BCUT2D eigenvalue weighted by Crippen LogP contribution is 2.25. The number of hydrogen-bond acceptors (Lipinski definition) is 3. The summed E-state index contributed by atoms with van der Waals surface area (Å²) in [4.78, 5) is 0. The predicted octanol–water partition coefficient (Wildman–Crippen LogP) is 2.58. The molecule has 0 aliphatic rings. The van der Waals surface area contributed by atoms with Crippen LogP contribution >= 0.6 is 8.73 Å². The quantitative estimate of drug-likeness (QED) is 0.722. The molecule has 0 aliphatic carbocycles. The molecule has 0 fully saturated rings. The fourth-order valence-corrected chi connectivity index (χ4v) is 2.33. The van der Waals surface area contributed by atoms with Crippen molar-refractivity contribution < 1.29 is 14.2 Å². The third-order valence-electron chi connectivity index (χ3n) is 2.74. The van der Waals surface area contributed by atoms with Gasteiger partial charge in [-0.3, -0.25) is 5.09 Å². The minimum atomic E-state index is -0.559. The number of halogens is 1. The van der Waals surface area contributed by atoms with E-state index in [1.54, 1.807) is 19.1 Å². The Morgan fingerprint density at radius 1 is 1.42 bits per heavy atom. The number of aliphatic hydroxyl groups excluding tert-OH is 1. The Morgan fingerprint density at radius 3 is 2.79 bits per heavy atom. The van der Waals surface area contributed by atoms with Crippen molar-refractivity contribution in [3.05, 3.63) is 29.6 Å². The first-order valence-electron chi connectivity index (χ1n) is 6.52. The molecule has 0 radical (unpaired) electrons. The largest absolute Gasteiger partial charge is 0.491 e. The van der Waals surface area contributed by atoms with Crippen molar-refractivity contribution in [1.29, 1.82) is 0 Å². The van der Waals surface area contributed by atoms with Crippen LogP contribution in [0.1, 0.15) is 19.4 Å². The van der Waals surface area contributed by atoms with Gasteiger partial charge in [-0.25, -0.2) is 4.39 Å². The summed E-state index contributed by atoms with van der Waals surface area (Å²) >= 11 is 0. The van der Waals surface area contributed by atoms with E-state index in [1.807, 2.05) is 0 Å². The number of hydrogen-bond donors (Lipinski definition) is 2. The molecule has 5 heteroatoms. The van der Waals surface area contributed by atoms with Gasteiger partial charge in [0.05, 0.1) is 6.10 Å². The molecule has 0 spiro atoms. The zero-order valence-corrected chi connectivity index (χ0v) is 12.7. The maximum atomic E-state index is 13.9. The molecule has 108 valence electrons. The van der Waals surface area contributed by atoms with Crippen molar-refractivity contribution in [2.75, 3.05) is 19.8 Å². The van der Waals surface area contributed by atoms with E-state index in [2.05, 4.69) is 18.7 Å². The fourth-order valence-electron chi connectivity index (χ4n) is 1.78. The molecule has 2 N–H and O–H groups in total. The average molecular weight is 287 g/mol. The van der Waals surface area contributed by atoms with Crippen molar-refractivity contribution in [1.82, 2.24) is 5.09 Å². The molecule has 0 saturated carbocycles. The Labute approximate surface area is 116 Å². The van der Waals surface area contributed by atoms with Gasteiger partial charge in [0, 0.05) is 12.1 Å². The van der Waals surface area contributed by atoms with E-state index in [1.165, 1.54) is 6.07 Å². The van der Waals surface area contributed by atoms with Crippen molar-refractivity contribution in [3.8, 4) is 5.75 Å². The van der Waals surface area contributed by atoms with Gasteiger partial charge in [-0.1, -0.05) is 21.7 Å². The van der Waals surface area contributed by atoms with Crippen LogP contribution in [-0.4, -0.2) is 31.0 Å². The van der Waals surface area contributed by atoms with Gasteiger partial charge in [0.1, 0.15) is 18.2 Å². The van der Waals surface area contributed by atoms with Crippen LogP contribution in [0.15, 0.2) is 18.2 Å². The summed E-state index contributed by atoms with van der Waals surface area (Å²) in [7, 11) is 0.695. The van der Waals surface area contributed by atoms with Crippen molar-refractivity contribution in [2.24, 2.45) is 5.92 Å². The smallest absolute Gasteiger partial charge is 0.130 e. The van der Waals surface area contributed by atoms with E-state index in [0.717, 1.165) is 6.54 Å². The van der Waals surface area contributed by atoms with Gasteiger partial charge in [0.2, 0.25) is 0 Å². The van der Waals surface area contributed by atoms with Crippen molar-refractivity contribution in [2.45, 2.75) is 26.4 Å². The molecule has 0 aliphatic heterocycles. The minimum Gasteiger partial charge on any atom is -0.491 e. The third kappa shape index (κ3) is 5.85. The number of rotatable bonds is 8. The van der Waals surface area contributed by atoms with E-state index in [-0.39, 0.29) is 12.4 Å². The second-order valence-electron chi connectivity index (χ2n) is 4.82. The second kappa shape index (κ2) is 8.47. The highest BCUT2D eigenvalue weighted by Gasteiger charge is 2.14. The molecule has 3 atom stereocenters. The Bertz CT molecular complexity index is 388. The van der Waals surface area contributed by atoms with Crippen LogP contribution < -0.4 is 9.82 Å². The van der Waals surface area contributed by atoms with Crippen LogP contribution in [0.4, 0.5) is 4.39 Å². The summed E-state index contributed by atoms with van der Waals surface area (Å²) in [6.07, 6.45) is 0.0655. The highest BCUT2D eigenvalue weighted by molar-refractivity contribution is 7.34. The molecule has 0 heterocycles. The Hall–Kier alpha value is -0.700. The van der Waals surface area contributed by atoms with E-state index < -0.39 is 6.10 Å². The zero-order chi connectivity index (χ0) is 14.3. The van der Waals surface area contributed by atoms with E-state index >= 15 is 0 Å². The first kappa shape index (κ1) is 16.4. The molecule has 1 rings (SSSR count). The van der Waals surface area contributed by atoms with Gasteiger partial charge in [-0.05, 0) is 38.1 Å². The highest BCUT2D eigenvalue weighted by atomic mass is 31.1. The molecular weight excluding hydrogens is 264 g/mol. The summed E-state index contributed by atoms with van der Waals surface area (Å²) in [5.74, 6) is 0.624. The number of benzene rings is 1. The lowest BCUT2D eigenvalue weighted by atomic mass is 10.00. The standard InChI is InChI=1S/C14H23FNO2P/c1-10(8-16-19-3)7-12-13(15)5-4-6-14(12)18-9-11(2)17/h4-6,10-11,16-17,19H,7-9H2,1-3H3. The molecular formula is C14H23FNO2P. The normalized spacial score (nSPS) is 14.8. The first-order valence-corrected chi connectivity index (χ1v) is 8.02. The Balaban J connectivity index is 2.73. The van der Waals surface area contributed by atoms with Gasteiger partial charge >= 0.3 is 0 Å². The van der Waals surface area contributed by atoms with Crippen molar-refractivity contribution >= 4 is 8.73 Å². The molecule has 3 nitrogen and oxygen atoms in total. The lowest BCUT2D eigenvalue weighted by Crippen LogP contribution is -2.18. The zero-order valence-electron chi connectivity index (χ0n) is 11.7. The second-order valence-corrected chi connectivity index (χ2v) is 5.67. The van der Waals surface area contributed by atoms with E-state index in [0.29, 0.717) is 32.4 Å². The van der Waals surface area contributed by atoms with Crippen LogP contribution in [0.25, 0.3) is 0 Å². The molecule has 0 bridgehead atoms. The van der Waals surface area contributed by atoms with Crippen LogP contribution in [0, 0.1) is 11.7 Å². The topological polar surface area (TPSA) is 41.5 Å². The van der Waals surface area contributed by atoms with Gasteiger partial charge in [0.15, 0.2) is 0 Å². The molecule has 0 saturated heterocycles. The maximum absolute atomic E-state index is 13.9. The van der Waals surface area contributed by atoms with Gasteiger partial charge in [-0.2, -0.15) is 0 Å². The predicted molar refractivity (Wildman–Crippen MR) is 78.7 cm³/mol. The molecule has 0 aromatic heterocycles. The lowest BCUT2D eigenvalue weighted by Gasteiger charge is -2.17. The molecule has 3 unspecified atom stereocenters. The Kier molecular flexibility index (Phi) is 7.29. The molecule has 0 amide bonds. The average Bonchev–Trinajstić information content (AvgIpc) is 2.37. The van der Waals surface area contributed by atoms with Crippen LogP contribution in [0.5, 0.6) is 5.75 Å². The summed E-state index contributed by atoms with van der Waals surface area (Å²) in [5.41, 5.74) is 0.594. The molecule has 1 aromatic carbocycles. The van der Waals surface area contributed by atoms with Crippen LogP contribution in [0.2, 0.25) is 0 Å². The summed E-state index contributed by atoms with van der Waals surface area (Å²) in [5, 5.41) is 12.5. The summed E-state index contributed by atoms with van der Waals surface area (Å²) in [6.45, 7) is 6.84. The first-order chi connectivity index (χ1) is 9.04. The SMILES string of the molecule is CPNCC(C)Cc1c(F)cccc1OCC(C)O. The van der Waals surface area contributed by atoms with Gasteiger partial charge in [-0.15, -0.1) is 0 Å². The Morgan fingerprint density at radius 2 is 2.16 bits per heavy atom. The maximum Gasteiger partial charge on any atom is 0.130 e. The number of aliphatic hydroxyl groups is 1. The van der Waals surface area contributed by atoms with E-state index in [4.69, 9.17) is 4.74 Å². The minimum absolute atomic E-state index is 0.180. The summed E-state index contributed by atoms with van der Waals surface area (Å²) in [6, 6.07) is 4.83. The molecule has 19 heavy (non-hydrogen) atoms. The van der Waals surface area contributed by atoms with Crippen LogP contribution in [0.3, 0.4) is 0 Å². The fraction of sp³-hybridized carbons (Fsp3) is 0.571. The number of nitrogens with one attached hydrogen (secondary N) is 1. The van der Waals surface area contributed by atoms with E-state index in [9.17, 15) is 9.50 Å². The van der Waals surface area contributed by atoms with Crippen LogP contribution in [-0.2, 0) is 6.42 Å². The van der Waals surface area contributed by atoms with Crippen molar-refractivity contribution in [3.63, 3.8) is 0 Å².